The van der Waals surface area contributed by atoms with Gasteiger partial charge in [0.1, 0.15) is 5.69 Å². The van der Waals surface area contributed by atoms with Crippen LogP contribution in [0.3, 0.4) is 0 Å². The van der Waals surface area contributed by atoms with Crippen LogP contribution in [-0.4, -0.2) is 21.2 Å². The largest absolute Gasteiger partial charge is 0.364 e. The molecule has 0 bridgehead atoms. The number of hydrogen-bond donors (Lipinski definition) is 1. The first-order valence-corrected chi connectivity index (χ1v) is 6.48. The molecule has 1 N–H and O–H groups in total. The predicted octanol–water partition coefficient (Wildman–Crippen LogP) is 2.72. The Bertz CT molecular complexity index is 463. The fourth-order valence-electron chi connectivity index (χ4n) is 2.30. The van der Waals surface area contributed by atoms with Crippen LogP contribution in [0.2, 0.25) is 0 Å². The molecule has 0 atom stereocenters. The van der Waals surface area contributed by atoms with Crippen molar-refractivity contribution in [3.63, 3.8) is 0 Å². The van der Waals surface area contributed by atoms with Crippen molar-refractivity contribution in [2.45, 2.75) is 46.6 Å². The first-order valence-electron chi connectivity index (χ1n) is 6.48. The van der Waals surface area contributed by atoms with Crippen LogP contribution in [0.5, 0.6) is 0 Å². The molecule has 2 rings (SSSR count). The average Bonchev–Trinajstić information content (AvgIpc) is 3.04. The standard InChI is InChI=1S/C12H20N4O2/c1-4-12(6-7-12)8-13-11-10(16(17)18)9(3)14-15(11)5-2/h13H,4-8H2,1-3H3. The van der Waals surface area contributed by atoms with E-state index in [1.807, 2.05) is 6.92 Å². The van der Waals surface area contributed by atoms with Crippen molar-refractivity contribution >= 4 is 11.5 Å². The predicted molar refractivity (Wildman–Crippen MR) is 69.7 cm³/mol. The second-order valence-electron chi connectivity index (χ2n) is 5.06. The van der Waals surface area contributed by atoms with E-state index in [0.29, 0.717) is 23.5 Å². The Kier molecular flexibility index (Phi) is 3.28. The van der Waals surface area contributed by atoms with Crippen molar-refractivity contribution < 1.29 is 4.92 Å². The quantitative estimate of drug-likeness (QED) is 0.624. The summed E-state index contributed by atoms with van der Waals surface area (Å²) in [5.74, 6) is 0.555. The number of anilines is 1. The van der Waals surface area contributed by atoms with E-state index in [9.17, 15) is 10.1 Å². The summed E-state index contributed by atoms with van der Waals surface area (Å²) in [7, 11) is 0. The summed E-state index contributed by atoms with van der Waals surface area (Å²) in [4.78, 5) is 10.7. The topological polar surface area (TPSA) is 73.0 Å². The lowest BCUT2D eigenvalue weighted by molar-refractivity contribution is -0.384. The first kappa shape index (κ1) is 12.9. The Morgan fingerprint density at radius 2 is 2.17 bits per heavy atom. The van der Waals surface area contributed by atoms with E-state index in [1.165, 1.54) is 12.8 Å². The fraction of sp³-hybridized carbons (Fsp3) is 0.750. The van der Waals surface area contributed by atoms with Gasteiger partial charge in [0, 0.05) is 13.1 Å². The molecule has 1 aliphatic rings. The lowest BCUT2D eigenvalue weighted by Gasteiger charge is -2.14. The molecule has 0 aliphatic heterocycles. The molecule has 6 nitrogen and oxygen atoms in total. The molecule has 0 saturated heterocycles. The van der Waals surface area contributed by atoms with Crippen molar-refractivity contribution in [1.82, 2.24) is 9.78 Å². The number of aryl methyl sites for hydroxylation is 2. The number of aromatic nitrogens is 2. The molecule has 1 aliphatic carbocycles. The third-order valence-electron chi connectivity index (χ3n) is 3.92. The molecule has 0 spiro atoms. The van der Waals surface area contributed by atoms with E-state index in [4.69, 9.17) is 0 Å². The van der Waals surface area contributed by atoms with E-state index in [0.717, 1.165) is 13.0 Å². The molecular weight excluding hydrogens is 232 g/mol. The van der Waals surface area contributed by atoms with E-state index < -0.39 is 0 Å². The summed E-state index contributed by atoms with van der Waals surface area (Å²) < 4.78 is 1.68. The Labute approximate surface area is 107 Å². The smallest absolute Gasteiger partial charge is 0.333 e. The summed E-state index contributed by atoms with van der Waals surface area (Å²) >= 11 is 0. The van der Waals surface area contributed by atoms with Gasteiger partial charge in [-0.05, 0) is 38.5 Å². The first-order chi connectivity index (χ1) is 8.53. The van der Waals surface area contributed by atoms with Crippen molar-refractivity contribution in [2.24, 2.45) is 5.41 Å². The van der Waals surface area contributed by atoms with E-state index in [-0.39, 0.29) is 10.6 Å². The molecular formula is C12H20N4O2. The van der Waals surface area contributed by atoms with Crippen LogP contribution in [-0.2, 0) is 6.54 Å². The highest BCUT2D eigenvalue weighted by Crippen LogP contribution is 2.48. The second-order valence-corrected chi connectivity index (χ2v) is 5.06. The molecule has 0 amide bonds. The minimum absolute atomic E-state index is 0.115. The summed E-state index contributed by atoms with van der Waals surface area (Å²) in [6, 6.07) is 0. The van der Waals surface area contributed by atoms with Gasteiger partial charge in [-0.15, -0.1) is 0 Å². The number of nitrogens with one attached hydrogen (secondary N) is 1. The van der Waals surface area contributed by atoms with Crippen molar-refractivity contribution in [1.29, 1.82) is 0 Å². The zero-order valence-corrected chi connectivity index (χ0v) is 11.2. The monoisotopic (exact) mass is 252 g/mol. The number of rotatable bonds is 6. The highest BCUT2D eigenvalue weighted by atomic mass is 16.6. The lowest BCUT2D eigenvalue weighted by atomic mass is 10.0. The van der Waals surface area contributed by atoms with Gasteiger partial charge in [-0.2, -0.15) is 5.10 Å². The van der Waals surface area contributed by atoms with Gasteiger partial charge in [0.15, 0.2) is 0 Å². The van der Waals surface area contributed by atoms with Crippen LogP contribution < -0.4 is 5.32 Å². The summed E-state index contributed by atoms with van der Waals surface area (Å²) in [5.41, 5.74) is 0.944. The van der Waals surface area contributed by atoms with Crippen LogP contribution in [0.1, 0.15) is 38.8 Å². The minimum Gasteiger partial charge on any atom is -0.364 e. The zero-order valence-electron chi connectivity index (χ0n) is 11.2. The molecule has 18 heavy (non-hydrogen) atoms. The highest BCUT2D eigenvalue weighted by molar-refractivity contribution is 5.59. The maximum Gasteiger partial charge on any atom is 0.333 e. The van der Waals surface area contributed by atoms with Gasteiger partial charge in [-0.1, -0.05) is 6.92 Å². The number of nitrogens with zero attached hydrogens (tertiary/aromatic N) is 3. The molecule has 0 radical (unpaired) electrons. The molecule has 1 aromatic heterocycles. The van der Waals surface area contributed by atoms with Crippen molar-refractivity contribution in [3.05, 3.63) is 15.8 Å². The Morgan fingerprint density at radius 3 is 2.61 bits per heavy atom. The van der Waals surface area contributed by atoms with Gasteiger partial charge in [0.05, 0.1) is 4.92 Å². The molecule has 0 unspecified atom stereocenters. The zero-order chi connectivity index (χ0) is 13.3. The van der Waals surface area contributed by atoms with Crippen LogP contribution in [0.4, 0.5) is 11.5 Å². The lowest BCUT2D eigenvalue weighted by Crippen LogP contribution is -2.17. The van der Waals surface area contributed by atoms with E-state index in [1.54, 1.807) is 11.6 Å². The van der Waals surface area contributed by atoms with Gasteiger partial charge < -0.3 is 5.32 Å². The minimum atomic E-state index is -0.345. The summed E-state index contributed by atoms with van der Waals surface area (Å²) in [6.45, 7) is 7.23. The normalized spacial score (nSPS) is 16.6. The summed E-state index contributed by atoms with van der Waals surface area (Å²) in [5, 5.41) is 18.6. The number of nitro groups is 1. The highest BCUT2D eigenvalue weighted by Gasteiger charge is 2.41. The molecule has 6 heteroatoms. The van der Waals surface area contributed by atoms with Crippen LogP contribution in [0.25, 0.3) is 0 Å². The van der Waals surface area contributed by atoms with Crippen LogP contribution in [0, 0.1) is 22.5 Å². The molecule has 100 valence electrons. The molecule has 1 aromatic rings. The Hall–Kier alpha value is -1.59. The van der Waals surface area contributed by atoms with Gasteiger partial charge in [-0.25, -0.2) is 4.68 Å². The third kappa shape index (κ3) is 2.19. The molecule has 0 aromatic carbocycles. The second kappa shape index (κ2) is 4.59. The Balaban J connectivity index is 2.22. The molecule has 1 saturated carbocycles. The van der Waals surface area contributed by atoms with Crippen molar-refractivity contribution in [2.75, 3.05) is 11.9 Å². The number of hydrogen-bond acceptors (Lipinski definition) is 4. The maximum atomic E-state index is 11.1. The third-order valence-corrected chi connectivity index (χ3v) is 3.92. The van der Waals surface area contributed by atoms with Crippen molar-refractivity contribution in [3.8, 4) is 0 Å². The van der Waals surface area contributed by atoms with E-state index >= 15 is 0 Å². The van der Waals surface area contributed by atoms with Gasteiger partial charge >= 0.3 is 5.69 Å². The van der Waals surface area contributed by atoms with E-state index in [2.05, 4.69) is 17.3 Å². The molecule has 1 fully saturated rings. The SMILES string of the molecule is CCn1nc(C)c([N+](=O)[O-])c1NCC1(CC)CC1. The fourth-order valence-corrected chi connectivity index (χ4v) is 2.30. The van der Waals surface area contributed by atoms with Crippen LogP contribution >= 0.6 is 0 Å². The molecule has 1 heterocycles. The van der Waals surface area contributed by atoms with Crippen LogP contribution in [0.15, 0.2) is 0 Å². The summed E-state index contributed by atoms with van der Waals surface area (Å²) in [6.07, 6.45) is 3.54. The average molecular weight is 252 g/mol. The van der Waals surface area contributed by atoms with Gasteiger partial charge in [-0.3, -0.25) is 10.1 Å². The van der Waals surface area contributed by atoms with Gasteiger partial charge in [0.2, 0.25) is 5.82 Å². The Morgan fingerprint density at radius 1 is 1.50 bits per heavy atom. The maximum absolute atomic E-state index is 11.1. The van der Waals surface area contributed by atoms with Gasteiger partial charge in [0.25, 0.3) is 0 Å².